The molecule has 0 bridgehead atoms. The van der Waals surface area contributed by atoms with Gasteiger partial charge in [0.05, 0.1) is 18.1 Å². The van der Waals surface area contributed by atoms with Crippen molar-refractivity contribution in [3.8, 4) is 6.07 Å². The smallest absolute Gasteiger partial charge is 0.336 e. The molecule has 1 saturated carbocycles. The predicted molar refractivity (Wildman–Crippen MR) is 62.9 cm³/mol. The molecule has 1 aliphatic carbocycles. The van der Waals surface area contributed by atoms with E-state index in [2.05, 4.69) is 13.0 Å². The molecule has 0 aromatic carbocycles. The number of rotatable bonds is 4. The first kappa shape index (κ1) is 14.0. The fraction of sp³-hybridized carbons (Fsp3) is 0.846. The molecule has 0 radical (unpaired) electrons. The maximum absolute atomic E-state index is 11.5. The molecule has 0 aromatic rings. The Balaban J connectivity index is 2.71. The molecule has 0 heterocycles. The minimum absolute atomic E-state index is 0.231. The number of hydrogen-bond donors (Lipinski definition) is 1. The van der Waals surface area contributed by atoms with E-state index in [0.29, 0.717) is 18.8 Å². The molecular formula is C13H21NO3. The van der Waals surface area contributed by atoms with Crippen molar-refractivity contribution in [1.82, 2.24) is 0 Å². The van der Waals surface area contributed by atoms with Crippen molar-refractivity contribution in [2.75, 3.05) is 6.61 Å². The van der Waals surface area contributed by atoms with Crippen LogP contribution in [0, 0.1) is 22.7 Å². The van der Waals surface area contributed by atoms with Gasteiger partial charge in [-0.2, -0.15) is 5.26 Å². The van der Waals surface area contributed by atoms with Gasteiger partial charge in [-0.1, -0.05) is 13.3 Å². The van der Waals surface area contributed by atoms with E-state index in [9.17, 15) is 15.2 Å². The average molecular weight is 239 g/mol. The number of nitriles is 1. The van der Waals surface area contributed by atoms with Gasteiger partial charge in [0, 0.05) is 0 Å². The van der Waals surface area contributed by atoms with Crippen LogP contribution in [0.25, 0.3) is 0 Å². The Morgan fingerprint density at radius 1 is 1.53 bits per heavy atom. The molecule has 4 nitrogen and oxygen atoms in total. The van der Waals surface area contributed by atoms with E-state index in [4.69, 9.17) is 4.74 Å². The summed E-state index contributed by atoms with van der Waals surface area (Å²) < 4.78 is 4.80. The predicted octanol–water partition coefficient (Wildman–Crippen LogP) is 2.02. The quantitative estimate of drug-likeness (QED) is 0.762. The van der Waals surface area contributed by atoms with Crippen LogP contribution in [0.15, 0.2) is 0 Å². The molecule has 17 heavy (non-hydrogen) atoms. The zero-order valence-electron chi connectivity index (χ0n) is 10.6. The molecule has 96 valence electrons. The Hall–Kier alpha value is -1.08. The van der Waals surface area contributed by atoms with Gasteiger partial charge in [0.2, 0.25) is 0 Å². The molecule has 1 rings (SSSR count). The van der Waals surface area contributed by atoms with E-state index in [1.807, 2.05) is 0 Å². The summed E-state index contributed by atoms with van der Waals surface area (Å²) in [6, 6.07) is 2.15. The van der Waals surface area contributed by atoms with E-state index < -0.39 is 17.5 Å². The molecule has 0 amide bonds. The highest BCUT2D eigenvalue weighted by molar-refractivity contribution is 5.76. The van der Waals surface area contributed by atoms with Crippen LogP contribution < -0.4 is 0 Å². The summed E-state index contributed by atoms with van der Waals surface area (Å²) in [6.07, 6.45) is 2.77. The van der Waals surface area contributed by atoms with Gasteiger partial charge in [-0.05, 0) is 38.5 Å². The van der Waals surface area contributed by atoms with Crippen LogP contribution in [-0.4, -0.2) is 23.8 Å². The number of carbonyl (C=O) groups is 1. The number of nitrogens with zero attached hydrogens (tertiary/aromatic N) is 1. The first-order valence-corrected chi connectivity index (χ1v) is 6.35. The molecule has 4 heteroatoms. The van der Waals surface area contributed by atoms with Crippen molar-refractivity contribution >= 4 is 5.97 Å². The summed E-state index contributed by atoms with van der Waals surface area (Å²) in [6.45, 7) is 4.05. The highest BCUT2D eigenvalue weighted by Gasteiger charge is 2.45. The van der Waals surface area contributed by atoms with Crippen LogP contribution in [0.3, 0.4) is 0 Å². The van der Waals surface area contributed by atoms with Crippen molar-refractivity contribution in [1.29, 1.82) is 5.26 Å². The number of aliphatic hydroxyl groups excluding tert-OH is 1. The maximum atomic E-state index is 11.5. The van der Waals surface area contributed by atoms with Gasteiger partial charge in [-0.3, -0.25) is 0 Å². The van der Waals surface area contributed by atoms with Gasteiger partial charge in [-0.15, -0.1) is 0 Å². The second kappa shape index (κ2) is 6.02. The molecule has 1 fully saturated rings. The van der Waals surface area contributed by atoms with Crippen molar-refractivity contribution in [2.45, 2.75) is 52.1 Å². The Bertz CT molecular complexity index is 300. The number of ether oxygens (including phenoxy) is 1. The summed E-state index contributed by atoms with van der Waals surface area (Å²) in [5.41, 5.74) is -0.933. The van der Waals surface area contributed by atoms with Crippen LogP contribution in [0.4, 0.5) is 0 Å². The number of esters is 1. The molecule has 1 N–H and O–H groups in total. The molecular weight excluding hydrogens is 218 g/mol. The van der Waals surface area contributed by atoms with E-state index in [0.717, 1.165) is 19.3 Å². The fourth-order valence-electron chi connectivity index (χ4n) is 2.49. The number of hydrogen-bond acceptors (Lipinski definition) is 4. The molecule has 0 saturated heterocycles. The van der Waals surface area contributed by atoms with E-state index in [-0.39, 0.29) is 6.61 Å². The fourth-order valence-corrected chi connectivity index (χ4v) is 2.49. The molecule has 1 unspecified atom stereocenters. The number of carbonyl (C=O) groups excluding carboxylic acids is 1. The molecule has 0 spiro atoms. The third-order valence-corrected chi connectivity index (χ3v) is 3.83. The Labute approximate surface area is 103 Å². The van der Waals surface area contributed by atoms with Gasteiger partial charge >= 0.3 is 5.97 Å². The van der Waals surface area contributed by atoms with Crippen LogP contribution >= 0.6 is 0 Å². The first-order valence-electron chi connectivity index (χ1n) is 6.35. The topological polar surface area (TPSA) is 70.3 Å². The Morgan fingerprint density at radius 3 is 2.53 bits per heavy atom. The minimum Gasteiger partial charge on any atom is -0.464 e. The summed E-state index contributed by atoms with van der Waals surface area (Å²) in [5.74, 6) is -0.0464. The number of aliphatic hydroxyl groups is 1. The van der Waals surface area contributed by atoms with E-state index in [1.165, 1.54) is 0 Å². The zero-order chi connectivity index (χ0) is 12.9. The van der Waals surface area contributed by atoms with Gasteiger partial charge < -0.3 is 9.84 Å². The average Bonchev–Trinajstić information content (AvgIpc) is 2.38. The van der Waals surface area contributed by atoms with Crippen LogP contribution in [0.5, 0.6) is 0 Å². The molecule has 1 atom stereocenters. The van der Waals surface area contributed by atoms with Crippen LogP contribution in [-0.2, 0) is 9.53 Å². The first-order chi connectivity index (χ1) is 8.09. The van der Waals surface area contributed by atoms with E-state index >= 15 is 0 Å². The lowest BCUT2D eigenvalue weighted by atomic mass is 9.67. The third kappa shape index (κ3) is 2.98. The largest absolute Gasteiger partial charge is 0.464 e. The van der Waals surface area contributed by atoms with Gasteiger partial charge in [0.15, 0.2) is 6.10 Å². The van der Waals surface area contributed by atoms with Crippen LogP contribution in [0.2, 0.25) is 0 Å². The second-order valence-corrected chi connectivity index (χ2v) is 4.77. The Morgan fingerprint density at radius 2 is 2.12 bits per heavy atom. The lowest BCUT2D eigenvalue weighted by molar-refractivity contribution is -0.160. The third-order valence-electron chi connectivity index (χ3n) is 3.83. The summed E-state index contributed by atoms with van der Waals surface area (Å²) >= 11 is 0. The Kier molecular flexibility index (Phi) is 4.95. The zero-order valence-corrected chi connectivity index (χ0v) is 10.6. The van der Waals surface area contributed by atoms with Gasteiger partial charge in [-0.25, -0.2) is 4.79 Å². The molecule has 0 aliphatic heterocycles. The normalized spacial score (nSPS) is 30.4. The molecule has 0 aromatic heterocycles. The van der Waals surface area contributed by atoms with Gasteiger partial charge in [0.1, 0.15) is 0 Å². The van der Waals surface area contributed by atoms with Gasteiger partial charge in [0.25, 0.3) is 0 Å². The lowest BCUT2D eigenvalue weighted by Crippen LogP contribution is -2.43. The SMILES string of the molecule is CCOC(=O)C(O)C1(C#N)CCC(CC)CC1. The highest BCUT2D eigenvalue weighted by Crippen LogP contribution is 2.42. The summed E-state index contributed by atoms with van der Waals surface area (Å²) in [7, 11) is 0. The van der Waals surface area contributed by atoms with E-state index in [1.54, 1.807) is 6.92 Å². The second-order valence-electron chi connectivity index (χ2n) is 4.77. The monoisotopic (exact) mass is 239 g/mol. The van der Waals surface area contributed by atoms with Crippen molar-refractivity contribution in [3.05, 3.63) is 0 Å². The standard InChI is InChI=1S/C13H21NO3/c1-3-10-5-7-13(9-14,8-6-10)11(15)12(16)17-4-2/h10-11,15H,3-8H2,1-2H3. The van der Waals surface area contributed by atoms with Crippen molar-refractivity contribution in [2.24, 2.45) is 11.3 Å². The highest BCUT2D eigenvalue weighted by atomic mass is 16.5. The van der Waals surface area contributed by atoms with Crippen molar-refractivity contribution in [3.63, 3.8) is 0 Å². The van der Waals surface area contributed by atoms with Crippen LogP contribution in [0.1, 0.15) is 46.0 Å². The summed E-state index contributed by atoms with van der Waals surface area (Å²) in [4.78, 5) is 11.5. The summed E-state index contributed by atoms with van der Waals surface area (Å²) in [5, 5.41) is 19.3. The molecule has 1 aliphatic rings. The van der Waals surface area contributed by atoms with Crippen molar-refractivity contribution < 1.29 is 14.6 Å². The minimum atomic E-state index is -1.30. The maximum Gasteiger partial charge on any atom is 0.336 e. The lowest BCUT2D eigenvalue weighted by Gasteiger charge is -2.36.